The number of ketones is 1. The summed E-state index contributed by atoms with van der Waals surface area (Å²) in [6.45, 7) is 2.03. The Morgan fingerprint density at radius 3 is 2.81 bits per heavy atom. The van der Waals surface area contributed by atoms with Crippen LogP contribution >= 0.6 is 0 Å². The first kappa shape index (κ1) is 10.9. The second kappa shape index (κ2) is 4.97. The summed E-state index contributed by atoms with van der Waals surface area (Å²) in [5.74, 6) is 1.23. The topological polar surface area (TPSA) is 30.2 Å². The van der Waals surface area contributed by atoms with Crippen LogP contribution in [0, 0.1) is 0 Å². The van der Waals surface area contributed by atoms with Gasteiger partial charge in [-0.2, -0.15) is 0 Å². The van der Waals surface area contributed by atoms with Crippen molar-refractivity contribution in [3.05, 3.63) is 36.1 Å². The van der Waals surface area contributed by atoms with E-state index in [-0.39, 0.29) is 0 Å². The molecule has 0 N–H and O–H groups in total. The van der Waals surface area contributed by atoms with Gasteiger partial charge in [0.1, 0.15) is 17.1 Å². The number of fused-ring (bicyclic) bond motifs is 1. The van der Waals surface area contributed by atoms with Crippen molar-refractivity contribution in [1.29, 1.82) is 0 Å². The molecule has 0 aliphatic heterocycles. The molecule has 0 bridgehead atoms. The molecule has 0 saturated heterocycles. The predicted molar refractivity (Wildman–Crippen MR) is 64.5 cm³/mol. The lowest BCUT2D eigenvalue weighted by Gasteiger charge is -1.95. The first-order valence-corrected chi connectivity index (χ1v) is 5.78. The highest BCUT2D eigenvalue weighted by Crippen LogP contribution is 2.19. The van der Waals surface area contributed by atoms with Crippen LogP contribution in [0.5, 0.6) is 0 Å². The normalized spacial score (nSPS) is 10.8. The second-order valence-electron chi connectivity index (χ2n) is 4.04. The summed E-state index contributed by atoms with van der Waals surface area (Å²) in [6, 6.07) is 9.94. The lowest BCUT2D eigenvalue weighted by Crippen LogP contribution is -1.98. The van der Waals surface area contributed by atoms with Gasteiger partial charge < -0.3 is 4.42 Å². The van der Waals surface area contributed by atoms with Crippen molar-refractivity contribution in [2.45, 2.75) is 32.6 Å². The Bertz CT molecular complexity index is 449. The minimum atomic E-state index is 0.322. The number of para-hydroxylation sites is 1. The molecule has 1 aromatic heterocycles. The van der Waals surface area contributed by atoms with E-state index in [4.69, 9.17) is 4.42 Å². The van der Waals surface area contributed by atoms with Crippen molar-refractivity contribution in [1.82, 2.24) is 0 Å². The third-order valence-electron chi connectivity index (χ3n) is 2.66. The molecule has 2 nitrogen and oxygen atoms in total. The van der Waals surface area contributed by atoms with Crippen LogP contribution in [-0.4, -0.2) is 5.78 Å². The van der Waals surface area contributed by atoms with Crippen LogP contribution in [0.1, 0.15) is 31.9 Å². The molecule has 0 atom stereocenters. The zero-order chi connectivity index (χ0) is 11.4. The molecule has 16 heavy (non-hydrogen) atoms. The molecule has 84 valence electrons. The zero-order valence-electron chi connectivity index (χ0n) is 9.53. The average molecular weight is 216 g/mol. The van der Waals surface area contributed by atoms with Gasteiger partial charge in [-0.1, -0.05) is 25.1 Å². The fourth-order valence-corrected chi connectivity index (χ4v) is 1.83. The van der Waals surface area contributed by atoms with Crippen LogP contribution in [0.2, 0.25) is 0 Å². The summed E-state index contributed by atoms with van der Waals surface area (Å²) in [6.07, 6.45) is 2.92. The fraction of sp³-hybridized carbons (Fsp3) is 0.357. The number of hydrogen-bond donors (Lipinski definition) is 0. The molecule has 1 aromatic carbocycles. The van der Waals surface area contributed by atoms with E-state index in [1.165, 1.54) is 0 Å². The third-order valence-corrected chi connectivity index (χ3v) is 2.66. The van der Waals surface area contributed by atoms with Gasteiger partial charge in [0.2, 0.25) is 0 Å². The molecule has 0 aliphatic carbocycles. The monoisotopic (exact) mass is 216 g/mol. The summed E-state index contributed by atoms with van der Waals surface area (Å²) in [5, 5.41) is 1.11. The van der Waals surface area contributed by atoms with E-state index >= 15 is 0 Å². The summed E-state index contributed by atoms with van der Waals surface area (Å²) in [4.78, 5) is 11.4. The SMILES string of the molecule is CCCC(=O)CCc1cc2ccccc2o1. The van der Waals surface area contributed by atoms with E-state index in [1.807, 2.05) is 37.3 Å². The number of furan rings is 1. The molecular weight excluding hydrogens is 200 g/mol. The van der Waals surface area contributed by atoms with E-state index in [9.17, 15) is 4.79 Å². The van der Waals surface area contributed by atoms with E-state index < -0.39 is 0 Å². The number of hydrogen-bond acceptors (Lipinski definition) is 2. The van der Waals surface area contributed by atoms with E-state index in [0.29, 0.717) is 25.0 Å². The van der Waals surface area contributed by atoms with Gasteiger partial charge in [-0.25, -0.2) is 0 Å². The van der Waals surface area contributed by atoms with Crippen molar-refractivity contribution in [2.24, 2.45) is 0 Å². The van der Waals surface area contributed by atoms with Gasteiger partial charge in [0.25, 0.3) is 0 Å². The molecule has 0 aliphatic rings. The van der Waals surface area contributed by atoms with Crippen molar-refractivity contribution in [2.75, 3.05) is 0 Å². The third kappa shape index (κ3) is 2.51. The molecular formula is C14H16O2. The van der Waals surface area contributed by atoms with Gasteiger partial charge >= 0.3 is 0 Å². The van der Waals surface area contributed by atoms with Gasteiger partial charge in [0.05, 0.1) is 0 Å². The summed E-state index contributed by atoms with van der Waals surface area (Å²) in [5.41, 5.74) is 0.903. The quantitative estimate of drug-likeness (QED) is 0.762. The number of aryl methyl sites for hydroxylation is 1. The van der Waals surface area contributed by atoms with Crippen molar-refractivity contribution in [3.8, 4) is 0 Å². The number of benzene rings is 1. The number of carbonyl (C=O) groups is 1. The maximum Gasteiger partial charge on any atom is 0.134 e. The Morgan fingerprint density at radius 2 is 2.06 bits per heavy atom. The van der Waals surface area contributed by atoms with Crippen LogP contribution in [0.25, 0.3) is 11.0 Å². The van der Waals surface area contributed by atoms with E-state index in [2.05, 4.69) is 0 Å². The first-order valence-electron chi connectivity index (χ1n) is 5.78. The molecule has 2 heteroatoms. The second-order valence-corrected chi connectivity index (χ2v) is 4.04. The highest BCUT2D eigenvalue weighted by Gasteiger charge is 2.05. The number of carbonyl (C=O) groups excluding carboxylic acids is 1. The van der Waals surface area contributed by atoms with Gasteiger partial charge in [0.15, 0.2) is 0 Å². The number of Topliss-reactive ketones (excluding diaryl/α,β-unsaturated/α-hetero) is 1. The van der Waals surface area contributed by atoms with Gasteiger partial charge in [-0.15, -0.1) is 0 Å². The molecule has 0 fully saturated rings. The van der Waals surface area contributed by atoms with Gasteiger partial charge in [-0.3, -0.25) is 4.79 Å². The Hall–Kier alpha value is -1.57. The fourth-order valence-electron chi connectivity index (χ4n) is 1.83. The minimum Gasteiger partial charge on any atom is -0.461 e. The van der Waals surface area contributed by atoms with Crippen LogP contribution in [0.15, 0.2) is 34.7 Å². The Morgan fingerprint density at radius 1 is 1.25 bits per heavy atom. The summed E-state index contributed by atoms with van der Waals surface area (Å²) in [7, 11) is 0. The van der Waals surface area contributed by atoms with Crippen LogP contribution < -0.4 is 0 Å². The standard InChI is InChI=1S/C14H16O2/c1-2-5-12(15)8-9-13-10-11-6-3-4-7-14(11)16-13/h3-4,6-7,10H,2,5,8-9H2,1H3. The summed E-state index contributed by atoms with van der Waals surface area (Å²) < 4.78 is 5.64. The Balaban J connectivity index is 2.02. The van der Waals surface area contributed by atoms with Crippen molar-refractivity contribution < 1.29 is 9.21 Å². The minimum absolute atomic E-state index is 0.322. The van der Waals surface area contributed by atoms with Gasteiger partial charge in [-0.05, 0) is 18.6 Å². The maximum atomic E-state index is 11.4. The first-order chi connectivity index (χ1) is 7.79. The largest absolute Gasteiger partial charge is 0.461 e. The highest BCUT2D eigenvalue weighted by atomic mass is 16.3. The van der Waals surface area contributed by atoms with Crippen LogP contribution in [0.4, 0.5) is 0 Å². The number of rotatable bonds is 5. The van der Waals surface area contributed by atoms with Crippen LogP contribution in [0.3, 0.4) is 0 Å². The predicted octanol–water partition coefficient (Wildman–Crippen LogP) is 3.73. The maximum absolute atomic E-state index is 11.4. The lowest BCUT2D eigenvalue weighted by atomic mass is 10.1. The summed E-state index contributed by atoms with van der Waals surface area (Å²) >= 11 is 0. The van der Waals surface area contributed by atoms with Gasteiger partial charge in [0, 0.05) is 24.6 Å². The highest BCUT2D eigenvalue weighted by molar-refractivity contribution is 5.79. The molecule has 2 rings (SSSR count). The van der Waals surface area contributed by atoms with Crippen LogP contribution in [-0.2, 0) is 11.2 Å². The van der Waals surface area contributed by atoms with Crippen molar-refractivity contribution in [3.63, 3.8) is 0 Å². The molecule has 0 unspecified atom stereocenters. The molecule has 0 amide bonds. The Labute approximate surface area is 95.3 Å². The van der Waals surface area contributed by atoms with Crippen molar-refractivity contribution >= 4 is 16.8 Å². The molecule has 0 radical (unpaired) electrons. The lowest BCUT2D eigenvalue weighted by molar-refractivity contribution is -0.119. The smallest absolute Gasteiger partial charge is 0.134 e. The molecule has 0 spiro atoms. The molecule has 2 aromatic rings. The van der Waals surface area contributed by atoms with E-state index in [0.717, 1.165) is 23.2 Å². The average Bonchev–Trinajstić information content (AvgIpc) is 2.69. The molecule has 1 heterocycles. The molecule has 0 saturated carbocycles. The Kier molecular flexibility index (Phi) is 3.40. The zero-order valence-corrected chi connectivity index (χ0v) is 9.53. The van der Waals surface area contributed by atoms with E-state index in [1.54, 1.807) is 0 Å².